The summed E-state index contributed by atoms with van der Waals surface area (Å²) in [5.41, 5.74) is -0.496. The van der Waals surface area contributed by atoms with Crippen LogP contribution in [0, 0.1) is 0 Å². The van der Waals surface area contributed by atoms with Gasteiger partial charge in [0.25, 0.3) is 0 Å². The average molecular weight is 241 g/mol. The molecule has 1 fully saturated rings. The quantitative estimate of drug-likeness (QED) is 0.718. The SMILES string of the molecule is CCN(CC)C(=O)CNC(=O)C1(C)CCCN1. The highest BCUT2D eigenvalue weighted by atomic mass is 16.2. The summed E-state index contributed by atoms with van der Waals surface area (Å²) < 4.78 is 0. The zero-order valence-electron chi connectivity index (χ0n) is 11.0. The van der Waals surface area contributed by atoms with Crippen molar-refractivity contribution in [3.63, 3.8) is 0 Å². The van der Waals surface area contributed by atoms with E-state index in [2.05, 4.69) is 10.6 Å². The Kier molecular flexibility index (Phi) is 4.93. The molecular formula is C12H23N3O2. The van der Waals surface area contributed by atoms with Crippen molar-refractivity contribution in [1.29, 1.82) is 0 Å². The van der Waals surface area contributed by atoms with E-state index in [0.29, 0.717) is 13.1 Å². The van der Waals surface area contributed by atoms with Crippen molar-refractivity contribution in [2.45, 2.75) is 39.2 Å². The fourth-order valence-corrected chi connectivity index (χ4v) is 2.13. The fraction of sp³-hybridized carbons (Fsp3) is 0.833. The van der Waals surface area contributed by atoms with E-state index < -0.39 is 5.54 Å². The molecule has 0 saturated carbocycles. The molecule has 1 aliphatic rings. The van der Waals surface area contributed by atoms with Crippen molar-refractivity contribution in [3.05, 3.63) is 0 Å². The summed E-state index contributed by atoms with van der Waals surface area (Å²) in [5, 5.41) is 5.90. The van der Waals surface area contributed by atoms with Crippen LogP contribution < -0.4 is 10.6 Å². The lowest BCUT2D eigenvalue weighted by atomic mass is 9.99. The summed E-state index contributed by atoms with van der Waals surface area (Å²) in [5.74, 6) is -0.0968. The number of likely N-dealkylation sites (N-methyl/N-ethyl adjacent to an activating group) is 1. The largest absolute Gasteiger partial charge is 0.345 e. The van der Waals surface area contributed by atoms with Gasteiger partial charge in [0.2, 0.25) is 11.8 Å². The molecular weight excluding hydrogens is 218 g/mol. The van der Waals surface area contributed by atoms with Gasteiger partial charge in [-0.15, -0.1) is 0 Å². The molecule has 2 N–H and O–H groups in total. The van der Waals surface area contributed by atoms with Gasteiger partial charge in [0.1, 0.15) is 0 Å². The maximum Gasteiger partial charge on any atom is 0.241 e. The fourth-order valence-electron chi connectivity index (χ4n) is 2.13. The highest BCUT2D eigenvalue weighted by Gasteiger charge is 2.35. The maximum absolute atomic E-state index is 11.9. The summed E-state index contributed by atoms with van der Waals surface area (Å²) in [6.07, 6.45) is 1.84. The molecule has 0 aromatic carbocycles. The normalized spacial score (nSPS) is 23.5. The molecule has 1 saturated heterocycles. The molecule has 0 aromatic rings. The smallest absolute Gasteiger partial charge is 0.241 e. The summed E-state index contributed by atoms with van der Waals surface area (Å²) in [7, 11) is 0. The molecule has 0 bridgehead atoms. The first kappa shape index (κ1) is 14.0. The average Bonchev–Trinajstić information content (AvgIpc) is 2.76. The molecule has 17 heavy (non-hydrogen) atoms. The second-order valence-electron chi connectivity index (χ2n) is 4.61. The molecule has 1 rings (SSSR count). The first-order chi connectivity index (χ1) is 8.03. The lowest BCUT2D eigenvalue weighted by molar-refractivity contribution is -0.134. The van der Waals surface area contributed by atoms with Crippen LogP contribution in [0.5, 0.6) is 0 Å². The summed E-state index contributed by atoms with van der Waals surface area (Å²) >= 11 is 0. The predicted molar refractivity (Wildman–Crippen MR) is 66.6 cm³/mol. The van der Waals surface area contributed by atoms with E-state index in [1.165, 1.54) is 0 Å². The Hall–Kier alpha value is -1.10. The highest BCUT2D eigenvalue weighted by Crippen LogP contribution is 2.18. The Bertz CT molecular complexity index is 281. The Morgan fingerprint density at radius 2 is 2.00 bits per heavy atom. The Labute approximate surface area is 103 Å². The number of carbonyl (C=O) groups is 2. The summed E-state index contributed by atoms with van der Waals surface area (Å²) in [6, 6.07) is 0. The van der Waals surface area contributed by atoms with Crippen LogP contribution in [0.4, 0.5) is 0 Å². The minimum absolute atomic E-state index is 0.0232. The minimum Gasteiger partial charge on any atom is -0.345 e. The first-order valence-electron chi connectivity index (χ1n) is 6.34. The zero-order valence-corrected chi connectivity index (χ0v) is 11.0. The van der Waals surface area contributed by atoms with Crippen LogP contribution in [0.15, 0.2) is 0 Å². The number of rotatable bonds is 5. The van der Waals surface area contributed by atoms with E-state index in [0.717, 1.165) is 19.4 Å². The van der Waals surface area contributed by atoms with Crippen molar-refractivity contribution >= 4 is 11.8 Å². The van der Waals surface area contributed by atoms with Crippen molar-refractivity contribution in [2.24, 2.45) is 0 Å². The second kappa shape index (κ2) is 6.00. The van der Waals surface area contributed by atoms with Crippen LogP contribution in [-0.4, -0.2) is 48.4 Å². The van der Waals surface area contributed by atoms with Crippen molar-refractivity contribution < 1.29 is 9.59 Å². The van der Waals surface area contributed by atoms with Gasteiger partial charge in [-0.25, -0.2) is 0 Å². The number of carbonyl (C=O) groups excluding carboxylic acids is 2. The van der Waals surface area contributed by atoms with Crippen molar-refractivity contribution in [3.8, 4) is 0 Å². The van der Waals surface area contributed by atoms with Crippen LogP contribution >= 0.6 is 0 Å². The van der Waals surface area contributed by atoms with E-state index in [1.807, 2.05) is 20.8 Å². The molecule has 2 amide bonds. The third kappa shape index (κ3) is 3.43. The van der Waals surface area contributed by atoms with Gasteiger partial charge < -0.3 is 15.5 Å². The zero-order chi connectivity index (χ0) is 12.9. The molecule has 0 radical (unpaired) electrons. The topological polar surface area (TPSA) is 61.4 Å². The van der Waals surface area contributed by atoms with Crippen LogP contribution in [0.25, 0.3) is 0 Å². The molecule has 5 nitrogen and oxygen atoms in total. The van der Waals surface area contributed by atoms with E-state index in [9.17, 15) is 9.59 Å². The Morgan fingerprint density at radius 1 is 1.35 bits per heavy atom. The molecule has 0 aromatic heterocycles. The molecule has 0 aliphatic carbocycles. The highest BCUT2D eigenvalue weighted by molar-refractivity contribution is 5.90. The van der Waals surface area contributed by atoms with Crippen molar-refractivity contribution in [2.75, 3.05) is 26.2 Å². The Balaban J connectivity index is 2.40. The van der Waals surface area contributed by atoms with Gasteiger partial charge in [-0.05, 0) is 40.2 Å². The number of nitrogens with one attached hydrogen (secondary N) is 2. The minimum atomic E-state index is -0.496. The molecule has 1 aliphatic heterocycles. The van der Waals surface area contributed by atoms with Gasteiger partial charge in [-0.1, -0.05) is 0 Å². The second-order valence-corrected chi connectivity index (χ2v) is 4.61. The lowest BCUT2D eigenvalue weighted by Crippen LogP contribution is -2.53. The van der Waals surface area contributed by atoms with E-state index >= 15 is 0 Å². The van der Waals surface area contributed by atoms with Crippen LogP contribution in [0.2, 0.25) is 0 Å². The first-order valence-corrected chi connectivity index (χ1v) is 6.34. The molecule has 1 heterocycles. The van der Waals surface area contributed by atoms with Gasteiger partial charge in [0.15, 0.2) is 0 Å². The molecule has 98 valence electrons. The number of amides is 2. The molecule has 1 unspecified atom stereocenters. The number of hydrogen-bond donors (Lipinski definition) is 2. The van der Waals surface area contributed by atoms with Gasteiger partial charge in [0, 0.05) is 13.1 Å². The summed E-state index contributed by atoms with van der Waals surface area (Å²) in [4.78, 5) is 25.4. The lowest BCUT2D eigenvalue weighted by Gasteiger charge is -2.24. The maximum atomic E-state index is 11.9. The van der Waals surface area contributed by atoms with Gasteiger partial charge in [0.05, 0.1) is 12.1 Å². The van der Waals surface area contributed by atoms with E-state index in [1.54, 1.807) is 4.90 Å². The van der Waals surface area contributed by atoms with E-state index in [4.69, 9.17) is 0 Å². The van der Waals surface area contributed by atoms with Gasteiger partial charge >= 0.3 is 0 Å². The number of nitrogens with zero attached hydrogens (tertiary/aromatic N) is 1. The predicted octanol–water partition coefficient (Wildman–Crippen LogP) is 0.113. The van der Waals surface area contributed by atoms with Crippen LogP contribution in [0.3, 0.4) is 0 Å². The van der Waals surface area contributed by atoms with Crippen LogP contribution in [-0.2, 0) is 9.59 Å². The third-order valence-electron chi connectivity index (χ3n) is 3.39. The monoisotopic (exact) mass is 241 g/mol. The van der Waals surface area contributed by atoms with Gasteiger partial charge in [-0.2, -0.15) is 0 Å². The molecule has 1 atom stereocenters. The number of hydrogen-bond acceptors (Lipinski definition) is 3. The third-order valence-corrected chi connectivity index (χ3v) is 3.39. The van der Waals surface area contributed by atoms with Crippen LogP contribution in [0.1, 0.15) is 33.6 Å². The molecule has 0 spiro atoms. The Morgan fingerprint density at radius 3 is 2.47 bits per heavy atom. The summed E-state index contributed by atoms with van der Waals surface area (Å²) in [6.45, 7) is 8.08. The standard InChI is InChI=1S/C12H23N3O2/c1-4-15(5-2)10(16)9-13-11(17)12(3)7-6-8-14-12/h14H,4-9H2,1-3H3,(H,13,17). The van der Waals surface area contributed by atoms with Crippen molar-refractivity contribution in [1.82, 2.24) is 15.5 Å². The van der Waals surface area contributed by atoms with Gasteiger partial charge in [-0.3, -0.25) is 9.59 Å². The van der Waals surface area contributed by atoms with E-state index in [-0.39, 0.29) is 18.4 Å². The molecule has 5 heteroatoms.